The van der Waals surface area contributed by atoms with Gasteiger partial charge in [0.2, 0.25) is 5.91 Å². The van der Waals surface area contributed by atoms with Crippen LogP contribution in [0.25, 0.3) is 0 Å². The van der Waals surface area contributed by atoms with Crippen molar-refractivity contribution in [2.75, 3.05) is 0 Å². The number of carbonyl (C=O) groups is 2. The van der Waals surface area contributed by atoms with E-state index >= 15 is 0 Å². The molecule has 1 aliphatic rings. The average Bonchev–Trinajstić information content (AvgIpc) is 3.15. The number of hydrogen-bond donors (Lipinski definition) is 2. The van der Waals surface area contributed by atoms with Crippen LogP contribution in [0.3, 0.4) is 0 Å². The van der Waals surface area contributed by atoms with Crippen LogP contribution in [0.2, 0.25) is 0 Å². The fraction of sp³-hybridized carbons (Fsp3) is 0.529. The van der Waals surface area contributed by atoms with E-state index in [1.165, 1.54) is 0 Å². The molecule has 2 rings (SSSR count). The number of aliphatic carboxylic acids is 1. The molecule has 4 nitrogen and oxygen atoms in total. The maximum atomic E-state index is 12.3. The summed E-state index contributed by atoms with van der Waals surface area (Å²) in [6.07, 6.45) is 0.450. The van der Waals surface area contributed by atoms with Crippen LogP contribution in [0.1, 0.15) is 44.4 Å². The van der Waals surface area contributed by atoms with Crippen LogP contribution in [-0.4, -0.2) is 17.0 Å². The highest BCUT2D eigenvalue weighted by molar-refractivity contribution is 5.89. The second kappa shape index (κ2) is 5.51. The van der Waals surface area contributed by atoms with Crippen molar-refractivity contribution in [1.29, 1.82) is 0 Å². The van der Waals surface area contributed by atoms with Gasteiger partial charge in [-0.25, -0.2) is 0 Å². The van der Waals surface area contributed by atoms with Gasteiger partial charge in [-0.2, -0.15) is 0 Å². The normalized spacial score (nSPS) is 22.5. The van der Waals surface area contributed by atoms with Gasteiger partial charge in [0.15, 0.2) is 0 Å². The van der Waals surface area contributed by atoms with Crippen molar-refractivity contribution in [2.45, 2.75) is 40.2 Å². The number of nitrogens with one attached hydrogen (secondary N) is 1. The fourth-order valence-electron chi connectivity index (χ4n) is 2.68. The van der Waals surface area contributed by atoms with E-state index in [1.807, 2.05) is 31.2 Å². The van der Waals surface area contributed by atoms with E-state index in [4.69, 9.17) is 5.11 Å². The Labute approximate surface area is 125 Å². The summed E-state index contributed by atoms with van der Waals surface area (Å²) < 4.78 is 0. The fourth-order valence-corrected chi connectivity index (χ4v) is 2.68. The molecule has 1 fully saturated rings. The summed E-state index contributed by atoms with van der Waals surface area (Å²) in [5, 5.41) is 12.0. The quantitative estimate of drug-likeness (QED) is 0.895. The number of carboxylic acids is 1. The SMILES string of the molecule is Cc1ccccc1C(NC(=O)C1CC1C(=O)O)C(C)(C)C. The van der Waals surface area contributed by atoms with Gasteiger partial charge in [-0.15, -0.1) is 0 Å². The van der Waals surface area contributed by atoms with Crippen LogP contribution in [0, 0.1) is 24.2 Å². The molecule has 4 heteroatoms. The third-order valence-corrected chi connectivity index (χ3v) is 4.10. The van der Waals surface area contributed by atoms with Crippen molar-refractivity contribution in [2.24, 2.45) is 17.3 Å². The first-order chi connectivity index (χ1) is 9.71. The van der Waals surface area contributed by atoms with Crippen LogP contribution in [0.15, 0.2) is 24.3 Å². The van der Waals surface area contributed by atoms with E-state index in [-0.39, 0.29) is 23.3 Å². The van der Waals surface area contributed by atoms with Crippen molar-refractivity contribution >= 4 is 11.9 Å². The summed E-state index contributed by atoms with van der Waals surface area (Å²) in [5.41, 5.74) is 2.07. The zero-order chi connectivity index (χ0) is 15.8. The maximum absolute atomic E-state index is 12.3. The van der Waals surface area contributed by atoms with Crippen LogP contribution in [0.5, 0.6) is 0 Å². The molecule has 3 unspecified atom stereocenters. The standard InChI is InChI=1S/C17H23NO3/c1-10-7-5-6-8-11(10)14(17(2,3)4)18-15(19)12-9-13(12)16(20)21/h5-8,12-14H,9H2,1-4H3,(H,18,19)(H,20,21). The first-order valence-electron chi connectivity index (χ1n) is 7.30. The second-order valence-electron chi connectivity index (χ2n) is 6.95. The van der Waals surface area contributed by atoms with Gasteiger partial charge in [-0.3, -0.25) is 9.59 Å². The molecule has 2 N–H and O–H groups in total. The molecule has 1 aliphatic carbocycles. The third-order valence-electron chi connectivity index (χ3n) is 4.10. The first-order valence-corrected chi connectivity index (χ1v) is 7.30. The predicted molar refractivity (Wildman–Crippen MR) is 80.8 cm³/mol. The largest absolute Gasteiger partial charge is 0.481 e. The molecule has 0 aromatic heterocycles. The average molecular weight is 289 g/mol. The minimum atomic E-state index is -0.877. The van der Waals surface area contributed by atoms with E-state index in [9.17, 15) is 9.59 Å². The van der Waals surface area contributed by atoms with Crippen molar-refractivity contribution in [3.8, 4) is 0 Å². The summed E-state index contributed by atoms with van der Waals surface area (Å²) in [6, 6.07) is 7.86. The lowest BCUT2D eigenvalue weighted by Gasteiger charge is -2.33. The smallest absolute Gasteiger partial charge is 0.307 e. The van der Waals surface area contributed by atoms with E-state index in [2.05, 4.69) is 26.1 Å². The molecule has 3 atom stereocenters. The highest BCUT2D eigenvalue weighted by Gasteiger charge is 2.49. The Morgan fingerprint density at radius 2 is 1.86 bits per heavy atom. The van der Waals surface area contributed by atoms with E-state index < -0.39 is 11.9 Å². The number of carbonyl (C=O) groups excluding carboxylic acids is 1. The van der Waals surface area contributed by atoms with Crippen molar-refractivity contribution < 1.29 is 14.7 Å². The lowest BCUT2D eigenvalue weighted by atomic mass is 9.80. The van der Waals surface area contributed by atoms with Crippen LogP contribution in [0.4, 0.5) is 0 Å². The van der Waals surface area contributed by atoms with Gasteiger partial charge in [0.25, 0.3) is 0 Å². The number of carboxylic acid groups (broad SMARTS) is 1. The molecule has 0 heterocycles. The molecule has 1 amide bonds. The van der Waals surface area contributed by atoms with E-state index in [0.717, 1.165) is 11.1 Å². The zero-order valence-electron chi connectivity index (χ0n) is 13.0. The Morgan fingerprint density at radius 3 is 2.33 bits per heavy atom. The summed E-state index contributed by atoms with van der Waals surface area (Å²) in [6.45, 7) is 8.25. The van der Waals surface area contributed by atoms with Gasteiger partial charge in [-0.1, -0.05) is 45.0 Å². The van der Waals surface area contributed by atoms with Crippen molar-refractivity contribution in [3.05, 3.63) is 35.4 Å². The topological polar surface area (TPSA) is 66.4 Å². The minimum Gasteiger partial charge on any atom is -0.481 e. The Morgan fingerprint density at radius 1 is 1.24 bits per heavy atom. The number of hydrogen-bond acceptors (Lipinski definition) is 2. The summed E-state index contributed by atoms with van der Waals surface area (Å²) >= 11 is 0. The maximum Gasteiger partial charge on any atom is 0.307 e. The Kier molecular flexibility index (Phi) is 4.08. The molecule has 0 spiro atoms. The van der Waals surface area contributed by atoms with E-state index in [1.54, 1.807) is 0 Å². The van der Waals surface area contributed by atoms with Crippen molar-refractivity contribution in [3.63, 3.8) is 0 Å². The summed E-state index contributed by atoms with van der Waals surface area (Å²) in [7, 11) is 0. The van der Waals surface area contributed by atoms with Crippen molar-refractivity contribution in [1.82, 2.24) is 5.32 Å². The predicted octanol–water partition coefficient (Wildman–Crippen LogP) is 2.92. The lowest BCUT2D eigenvalue weighted by Crippen LogP contribution is -2.38. The third kappa shape index (κ3) is 3.43. The molecule has 21 heavy (non-hydrogen) atoms. The number of amides is 1. The van der Waals surface area contributed by atoms with Crippen LogP contribution in [-0.2, 0) is 9.59 Å². The van der Waals surface area contributed by atoms with Gasteiger partial charge in [-0.05, 0) is 29.9 Å². The molecule has 1 aromatic rings. The molecule has 1 aromatic carbocycles. The molecule has 0 radical (unpaired) electrons. The number of aryl methyl sites for hydroxylation is 1. The Balaban J connectivity index is 2.18. The molecular weight excluding hydrogens is 266 g/mol. The molecule has 0 aliphatic heterocycles. The Hall–Kier alpha value is -1.84. The second-order valence-corrected chi connectivity index (χ2v) is 6.95. The molecule has 1 saturated carbocycles. The van der Waals surface area contributed by atoms with E-state index in [0.29, 0.717) is 6.42 Å². The van der Waals surface area contributed by atoms with Gasteiger partial charge in [0.05, 0.1) is 17.9 Å². The van der Waals surface area contributed by atoms with Crippen LogP contribution >= 0.6 is 0 Å². The minimum absolute atomic E-state index is 0.124. The van der Waals surface area contributed by atoms with Gasteiger partial charge < -0.3 is 10.4 Å². The molecular formula is C17H23NO3. The summed E-state index contributed by atoms with van der Waals surface area (Å²) in [5.74, 6) is -1.91. The number of benzene rings is 1. The molecule has 0 saturated heterocycles. The Bertz CT molecular complexity index is 559. The highest BCUT2D eigenvalue weighted by atomic mass is 16.4. The monoisotopic (exact) mass is 289 g/mol. The highest BCUT2D eigenvalue weighted by Crippen LogP contribution is 2.41. The van der Waals surface area contributed by atoms with Crippen LogP contribution < -0.4 is 5.32 Å². The summed E-state index contributed by atoms with van der Waals surface area (Å²) in [4.78, 5) is 23.2. The first kappa shape index (κ1) is 15.5. The molecule has 114 valence electrons. The number of rotatable bonds is 4. The van der Waals surface area contributed by atoms with Gasteiger partial charge in [0.1, 0.15) is 0 Å². The molecule has 0 bridgehead atoms. The van der Waals surface area contributed by atoms with Gasteiger partial charge >= 0.3 is 5.97 Å². The lowest BCUT2D eigenvalue weighted by molar-refractivity contribution is -0.140. The zero-order valence-corrected chi connectivity index (χ0v) is 13.0. The van der Waals surface area contributed by atoms with Gasteiger partial charge in [0, 0.05) is 0 Å².